The molecule has 0 aliphatic rings. The molecule has 0 saturated heterocycles. The van der Waals surface area contributed by atoms with Crippen molar-refractivity contribution in [3.8, 4) is 0 Å². The first-order valence-electron chi connectivity index (χ1n) is 9.68. The lowest BCUT2D eigenvalue weighted by Gasteiger charge is -2.24. The van der Waals surface area contributed by atoms with E-state index in [1.807, 2.05) is 13.8 Å². The molecule has 0 aliphatic carbocycles. The zero-order chi connectivity index (χ0) is 22.3. The van der Waals surface area contributed by atoms with Crippen molar-refractivity contribution >= 4 is 23.4 Å². The SMILES string of the molecule is CCCCN(C(=O)COC(=O)c1cnc(C)cn1)c1c(N)n(CCC)c(=O)[nH]c1=O. The van der Waals surface area contributed by atoms with Gasteiger partial charge in [0, 0.05) is 19.3 Å². The standard InChI is InChI=1S/C19H26N6O5/c1-4-6-8-24(15-16(20)25(7-5-2)19(29)23-17(15)27)14(26)11-30-18(28)13-10-21-12(3)9-22-13/h9-10H,4-8,11,20H2,1-3H3,(H,23,27,29). The highest BCUT2D eigenvalue weighted by atomic mass is 16.5. The molecule has 0 fully saturated rings. The lowest BCUT2D eigenvalue weighted by atomic mass is 10.2. The van der Waals surface area contributed by atoms with Crippen molar-refractivity contribution in [3.05, 3.63) is 44.6 Å². The summed E-state index contributed by atoms with van der Waals surface area (Å²) in [6.07, 6.45) is 4.58. The summed E-state index contributed by atoms with van der Waals surface area (Å²) >= 11 is 0. The van der Waals surface area contributed by atoms with Gasteiger partial charge in [0.2, 0.25) is 0 Å². The second kappa shape index (κ2) is 10.3. The van der Waals surface area contributed by atoms with Gasteiger partial charge in [0.25, 0.3) is 11.5 Å². The van der Waals surface area contributed by atoms with Crippen LogP contribution in [0.25, 0.3) is 0 Å². The number of carbonyl (C=O) groups is 2. The Hall–Kier alpha value is -3.50. The first-order chi connectivity index (χ1) is 14.3. The minimum absolute atomic E-state index is 0.0395. The summed E-state index contributed by atoms with van der Waals surface area (Å²) in [7, 11) is 0. The fourth-order valence-corrected chi connectivity index (χ4v) is 2.74. The number of nitrogen functional groups attached to an aromatic ring is 1. The number of hydrogen-bond acceptors (Lipinski definition) is 8. The van der Waals surface area contributed by atoms with Crippen molar-refractivity contribution < 1.29 is 14.3 Å². The van der Waals surface area contributed by atoms with Gasteiger partial charge >= 0.3 is 11.7 Å². The number of hydrogen-bond donors (Lipinski definition) is 2. The number of aromatic amines is 1. The molecular formula is C19H26N6O5. The van der Waals surface area contributed by atoms with Gasteiger partial charge in [-0.15, -0.1) is 0 Å². The van der Waals surface area contributed by atoms with Crippen LogP contribution in [0.1, 0.15) is 49.3 Å². The monoisotopic (exact) mass is 418 g/mol. The van der Waals surface area contributed by atoms with E-state index < -0.39 is 29.7 Å². The van der Waals surface area contributed by atoms with Crippen LogP contribution in [0, 0.1) is 6.92 Å². The van der Waals surface area contributed by atoms with Gasteiger partial charge in [-0.3, -0.25) is 24.1 Å². The number of ether oxygens (including phenoxy) is 1. The van der Waals surface area contributed by atoms with Crippen LogP contribution in [-0.4, -0.2) is 44.5 Å². The minimum atomic E-state index is -0.816. The molecule has 3 N–H and O–H groups in total. The minimum Gasteiger partial charge on any atom is -0.451 e. The summed E-state index contributed by atoms with van der Waals surface area (Å²) in [6, 6.07) is 0. The van der Waals surface area contributed by atoms with Gasteiger partial charge in [0.05, 0.1) is 11.9 Å². The fourth-order valence-electron chi connectivity index (χ4n) is 2.74. The molecule has 0 atom stereocenters. The number of aryl methyl sites for hydroxylation is 1. The van der Waals surface area contributed by atoms with E-state index in [4.69, 9.17) is 10.5 Å². The van der Waals surface area contributed by atoms with Crippen molar-refractivity contribution in [2.75, 3.05) is 23.8 Å². The number of nitrogens with zero attached hydrogens (tertiary/aromatic N) is 4. The Balaban J connectivity index is 2.29. The lowest BCUT2D eigenvalue weighted by Crippen LogP contribution is -2.43. The van der Waals surface area contributed by atoms with Crippen molar-refractivity contribution in [1.82, 2.24) is 19.5 Å². The Morgan fingerprint density at radius 2 is 1.93 bits per heavy atom. The predicted octanol–water partition coefficient (Wildman–Crippen LogP) is 0.617. The van der Waals surface area contributed by atoms with E-state index in [0.717, 1.165) is 11.3 Å². The summed E-state index contributed by atoms with van der Waals surface area (Å²) in [5, 5.41) is 0. The third-order valence-corrected chi connectivity index (χ3v) is 4.28. The summed E-state index contributed by atoms with van der Waals surface area (Å²) in [4.78, 5) is 60.6. The number of nitrogens with two attached hydrogens (primary N) is 1. The molecule has 0 aromatic carbocycles. The van der Waals surface area contributed by atoms with Crippen molar-refractivity contribution in [1.29, 1.82) is 0 Å². The molecule has 11 nitrogen and oxygen atoms in total. The Morgan fingerprint density at radius 1 is 1.20 bits per heavy atom. The maximum atomic E-state index is 12.8. The second-order valence-electron chi connectivity index (χ2n) is 6.66. The zero-order valence-electron chi connectivity index (χ0n) is 17.3. The van der Waals surface area contributed by atoms with Gasteiger partial charge in [-0.05, 0) is 19.8 Å². The van der Waals surface area contributed by atoms with Crippen LogP contribution in [-0.2, 0) is 16.1 Å². The second-order valence-corrected chi connectivity index (χ2v) is 6.66. The summed E-state index contributed by atoms with van der Waals surface area (Å²) in [6.45, 7) is 5.33. The van der Waals surface area contributed by atoms with E-state index in [0.29, 0.717) is 18.5 Å². The molecule has 0 unspecified atom stereocenters. The van der Waals surface area contributed by atoms with Crippen LogP contribution in [0.4, 0.5) is 11.5 Å². The Kier molecular flexibility index (Phi) is 7.84. The molecule has 30 heavy (non-hydrogen) atoms. The molecule has 2 rings (SSSR count). The normalized spacial score (nSPS) is 10.6. The first kappa shape index (κ1) is 22.8. The first-order valence-corrected chi connectivity index (χ1v) is 9.68. The van der Waals surface area contributed by atoms with Gasteiger partial charge in [-0.1, -0.05) is 20.3 Å². The van der Waals surface area contributed by atoms with Crippen LogP contribution in [0.2, 0.25) is 0 Å². The Labute approximate surface area is 172 Å². The van der Waals surface area contributed by atoms with Gasteiger partial charge in [-0.25, -0.2) is 14.6 Å². The van der Waals surface area contributed by atoms with E-state index in [1.54, 1.807) is 6.92 Å². The smallest absolute Gasteiger partial charge is 0.359 e. The molecule has 2 aromatic heterocycles. The highest BCUT2D eigenvalue weighted by Gasteiger charge is 2.25. The molecule has 0 spiro atoms. The highest BCUT2D eigenvalue weighted by Crippen LogP contribution is 2.18. The van der Waals surface area contributed by atoms with Gasteiger partial charge in [-0.2, -0.15) is 0 Å². The number of amides is 1. The summed E-state index contributed by atoms with van der Waals surface area (Å²) in [5.74, 6) is -1.56. The van der Waals surface area contributed by atoms with Crippen LogP contribution in [0.15, 0.2) is 22.0 Å². The number of nitrogens with one attached hydrogen (secondary N) is 1. The largest absolute Gasteiger partial charge is 0.451 e. The third-order valence-electron chi connectivity index (χ3n) is 4.28. The molecule has 0 saturated carbocycles. The van der Waals surface area contributed by atoms with Crippen molar-refractivity contribution in [2.24, 2.45) is 0 Å². The molecule has 0 aliphatic heterocycles. The summed E-state index contributed by atoms with van der Waals surface area (Å²) in [5.41, 5.74) is 5.11. The maximum absolute atomic E-state index is 12.8. The highest BCUT2D eigenvalue weighted by molar-refractivity contribution is 5.98. The number of rotatable bonds is 9. The van der Waals surface area contributed by atoms with E-state index in [-0.39, 0.29) is 30.3 Å². The topological polar surface area (TPSA) is 153 Å². The van der Waals surface area contributed by atoms with Crippen LogP contribution in [0.5, 0.6) is 0 Å². The quantitative estimate of drug-likeness (QED) is 0.562. The van der Waals surface area contributed by atoms with E-state index >= 15 is 0 Å². The number of unbranched alkanes of at least 4 members (excludes halogenated alkanes) is 1. The molecule has 11 heteroatoms. The number of H-pyrrole nitrogens is 1. The van der Waals surface area contributed by atoms with Crippen LogP contribution < -0.4 is 21.9 Å². The number of aromatic nitrogens is 4. The molecule has 162 valence electrons. The number of carbonyl (C=O) groups excluding carboxylic acids is 2. The lowest BCUT2D eigenvalue weighted by molar-refractivity contribution is -0.121. The summed E-state index contributed by atoms with van der Waals surface area (Å²) < 4.78 is 6.24. The van der Waals surface area contributed by atoms with Crippen molar-refractivity contribution in [2.45, 2.75) is 46.6 Å². The Morgan fingerprint density at radius 3 is 2.53 bits per heavy atom. The molecule has 1 amide bonds. The van der Waals surface area contributed by atoms with E-state index in [9.17, 15) is 19.2 Å². The van der Waals surface area contributed by atoms with Gasteiger partial charge in [0.1, 0.15) is 5.82 Å². The zero-order valence-corrected chi connectivity index (χ0v) is 17.3. The van der Waals surface area contributed by atoms with Crippen LogP contribution in [0.3, 0.4) is 0 Å². The third kappa shape index (κ3) is 5.31. The van der Waals surface area contributed by atoms with Gasteiger partial charge < -0.3 is 15.4 Å². The molecule has 0 bridgehead atoms. The molecule has 2 heterocycles. The van der Waals surface area contributed by atoms with E-state index in [2.05, 4.69) is 15.0 Å². The van der Waals surface area contributed by atoms with Crippen molar-refractivity contribution in [3.63, 3.8) is 0 Å². The number of esters is 1. The fraction of sp³-hybridized carbons (Fsp3) is 0.474. The number of anilines is 2. The van der Waals surface area contributed by atoms with Gasteiger partial charge in [0.15, 0.2) is 18.0 Å². The molecule has 2 aromatic rings. The average Bonchev–Trinajstić information content (AvgIpc) is 2.71. The Bertz CT molecular complexity index is 1010. The van der Waals surface area contributed by atoms with Crippen LogP contribution >= 0.6 is 0 Å². The predicted molar refractivity (Wildman–Crippen MR) is 110 cm³/mol. The maximum Gasteiger partial charge on any atom is 0.359 e. The molecular weight excluding hydrogens is 392 g/mol. The molecule has 0 radical (unpaired) electrons. The average molecular weight is 418 g/mol. The van der Waals surface area contributed by atoms with E-state index in [1.165, 1.54) is 17.0 Å².